The summed E-state index contributed by atoms with van der Waals surface area (Å²) in [6.45, 7) is 2.55. The molecule has 7 heteroatoms. The molecule has 0 aliphatic heterocycles. The van der Waals surface area contributed by atoms with Gasteiger partial charge < -0.3 is 19.2 Å². The van der Waals surface area contributed by atoms with E-state index in [2.05, 4.69) is 21.2 Å². The van der Waals surface area contributed by atoms with Gasteiger partial charge in [-0.2, -0.15) is 0 Å². The summed E-state index contributed by atoms with van der Waals surface area (Å²) < 4.78 is 17.6. The van der Waals surface area contributed by atoms with E-state index in [0.29, 0.717) is 30.3 Å². The topological polar surface area (TPSA) is 77.8 Å². The van der Waals surface area contributed by atoms with E-state index in [1.165, 1.54) is 12.1 Å². The van der Waals surface area contributed by atoms with E-state index in [9.17, 15) is 9.59 Å². The number of halogens is 1. The summed E-state index contributed by atoms with van der Waals surface area (Å²) in [4.78, 5) is 23.6. The Morgan fingerprint density at radius 3 is 2.35 bits per heavy atom. The van der Waals surface area contributed by atoms with Crippen molar-refractivity contribution in [1.29, 1.82) is 0 Å². The van der Waals surface area contributed by atoms with Crippen LogP contribution >= 0.6 is 15.9 Å². The third kappa shape index (κ3) is 6.36. The van der Waals surface area contributed by atoms with Gasteiger partial charge in [-0.1, -0.05) is 28.1 Å². The highest BCUT2D eigenvalue weighted by molar-refractivity contribution is 9.10. The normalized spacial score (nSPS) is 11.0. The highest BCUT2D eigenvalue weighted by atomic mass is 79.9. The zero-order valence-corrected chi connectivity index (χ0v) is 20.0. The molecule has 1 amide bonds. The van der Waals surface area contributed by atoms with Crippen LogP contribution in [0.3, 0.4) is 0 Å². The third-order valence-electron chi connectivity index (χ3n) is 4.96. The van der Waals surface area contributed by atoms with Gasteiger partial charge in [0.15, 0.2) is 0 Å². The summed E-state index contributed by atoms with van der Waals surface area (Å²) in [7, 11) is 0. The summed E-state index contributed by atoms with van der Waals surface area (Å²) >= 11 is 3.36. The minimum atomic E-state index is -0.381. The first-order chi connectivity index (χ1) is 16.5. The van der Waals surface area contributed by atoms with Gasteiger partial charge in [0, 0.05) is 33.8 Å². The zero-order chi connectivity index (χ0) is 23.9. The number of rotatable bonds is 8. The molecule has 0 saturated heterocycles. The van der Waals surface area contributed by atoms with Crippen LogP contribution < -0.4 is 20.4 Å². The predicted octanol–water partition coefficient (Wildman–Crippen LogP) is 5.97. The quantitative estimate of drug-likeness (QED) is 0.176. The van der Waals surface area contributed by atoms with Crippen molar-refractivity contribution < 1.29 is 18.7 Å². The highest BCUT2D eigenvalue weighted by Crippen LogP contribution is 2.22. The van der Waals surface area contributed by atoms with Crippen molar-refractivity contribution in [3.63, 3.8) is 0 Å². The molecule has 6 nitrogen and oxygen atoms in total. The fraction of sp³-hybridized carbons (Fsp3) is 0.111. The first-order valence-electron chi connectivity index (χ1n) is 10.6. The molecule has 0 spiro atoms. The van der Waals surface area contributed by atoms with Gasteiger partial charge in [-0.15, -0.1) is 0 Å². The number of carbonyl (C=O) groups excluding carboxylic acids is 1. The van der Waals surface area contributed by atoms with Gasteiger partial charge >= 0.3 is 5.63 Å². The van der Waals surface area contributed by atoms with Crippen molar-refractivity contribution >= 4 is 44.6 Å². The molecule has 0 aliphatic carbocycles. The lowest BCUT2D eigenvalue weighted by Gasteiger charge is -2.09. The smallest absolute Gasteiger partial charge is 0.336 e. The van der Waals surface area contributed by atoms with Crippen LogP contribution in [0.5, 0.6) is 11.5 Å². The van der Waals surface area contributed by atoms with Gasteiger partial charge in [-0.25, -0.2) is 4.79 Å². The van der Waals surface area contributed by atoms with Gasteiger partial charge in [0.2, 0.25) is 5.91 Å². The molecule has 34 heavy (non-hydrogen) atoms. The van der Waals surface area contributed by atoms with Crippen LogP contribution in [0.25, 0.3) is 17.0 Å². The monoisotopic (exact) mass is 519 g/mol. The van der Waals surface area contributed by atoms with Crippen molar-refractivity contribution in [3.05, 3.63) is 105 Å². The van der Waals surface area contributed by atoms with Gasteiger partial charge in [-0.05, 0) is 72.7 Å². The van der Waals surface area contributed by atoms with E-state index < -0.39 is 0 Å². The second-order valence-corrected chi connectivity index (χ2v) is 8.42. The fourth-order valence-electron chi connectivity index (χ4n) is 3.28. The van der Waals surface area contributed by atoms with Crippen LogP contribution in [0.2, 0.25) is 0 Å². The Bertz CT molecular complexity index is 1380. The lowest BCUT2D eigenvalue weighted by atomic mass is 10.1. The molecule has 172 valence electrons. The number of anilines is 1. The lowest BCUT2D eigenvalue weighted by Crippen LogP contribution is -2.09. The summed E-state index contributed by atoms with van der Waals surface area (Å²) in [5.74, 6) is 1.09. The van der Waals surface area contributed by atoms with Gasteiger partial charge in [0.25, 0.3) is 0 Å². The molecule has 4 rings (SSSR count). The molecule has 0 bridgehead atoms. The van der Waals surface area contributed by atoms with Gasteiger partial charge in [0.05, 0.1) is 0 Å². The molecule has 0 atom stereocenters. The Hall–Kier alpha value is -3.84. The Labute approximate surface area is 204 Å². The standard InChI is InChI=1S/C27H22BrNO5/c1-18-16-27(31)34-25-17-23(11-12-24(18)25)33-15-14-32-22-9-2-19(3-10-22)4-13-26(30)29-21-7-5-20(28)6-8-21/h2-13,16-17H,14-15H2,1H3,(H,29,30)/b13-4+. The molecule has 1 aromatic heterocycles. The zero-order valence-electron chi connectivity index (χ0n) is 18.4. The summed E-state index contributed by atoms with van der Waals surface area (Å²) in [6.07, 6.45) is 3.22. The van der Waals surface area contributed by atoms with Crippen LogP contribution in [0, 0.1) is 6.92 Å². The maximum atomic E-state index is 12.1. The Morgan fingerprint density at radius 1 is 0.941 bits per heavy atom. The minimum Gasteiger partial charge on any atom is -0.490 e. The second-order valence-electron chi connectivity index (χ2n) is 7.50. The number of carbonyl (C=O) groups is 1. The Morgan fingerprint density at radius 2 is 1.62 bits per heavy atom. The number of amides is 1. The largest absolute Gasteiger partial charge is 0.490 e. The van der Waals surface area contributed by atoms with E-state index in [4.69, 9.17) is 13.9 Å². The number of hydrogen-bond donors (Lipinski definition) is 1. The molecular weight excluding hydrogens is 498 g/mol. The van der Waals surface area contributed by atoms with Crippen molar-refractivity contribution in [2.45, 2.75) is 6.92 Å². The SMILES string of the molecule is Cc1cc(=O)oc2cc(OCCOc3ccc(/C=C/C(=O)Nc4ccc(Br)cc4)cc3)ccc12. The van der Waals surface area contributed by atoms with Crippen molar-refractivity contribution in [3.8, 4) is 11.5 Å². The number of ether oxygens (including phenoxy) is 2. The van der Waals surface area contributed by atoms with Crippen molar-refractivity contribution in [2.24, 2.45) is 0 Å². The number of hydrogen-bond acceptors (Lipinski definition) is 5. The van der Waals surface area contributed by atoms with E-state index in [0.717, 1.165) is 26.7 Å². The maximum absolute atomic E-state index is 12.1. The third-order valence-corrected chi connectivity index (χ3v) is 5.49. The first kappa shape index (κ1) is 23.3. The first-order valence-corrected chi connectivity index (χ1v) is 11.4. The lowest BCUT2D eigenvalue weighted by molar-refractivity contribution is -0.111. The molecule has 1 heterocycles. The molecule has 1 N–H and O–H groups in total. The molecule has 4 aromatic rings. The molecule has 0 saturated carbocycles. The van der Waals surface area contributed by atoms with Crippen LogP contribution in [0.1, 0.15) is 11.1 Å². The number of aryl methyl sites for hydroxylation is 1. The summed E-state index contributed by atoms with van der Waals surface area (Å²) in [5.41, 5.74) is 2.59. The molecule has 3 aromatic carbocycles. The predicted molar refractivity (Wildman–Crippen MR) is 136 cm³/mol. The number of fused-ring (bicyclic) bond motifs is 1. The second kappa shape index (κ2) is 10.9. The van der Waals surface area contributed by atoms with Crippen LogP contribution in [0.4, 0.5) is 5.69 Å². The van der Waals surface area contributed by atoms with E-state index in [1.54, 1.807) is 12.1 Å². The van der Waals surface area contributed by atoms with Crippen LogP contribution in [0.15, 0.2) is 92.6 Å². The van der Waals surface area contributed by atoms with E-state index in [1.807, 2.05) is 67.6 Å². The van der Waals surface area contributed by atoms with Crippen molar-refractivity contribution in [1.82, 2.24) is 0 Å². The maximum Gasteiger partial charge on any atom is 0.336 e. The Balaban J connectivity index is 1.24. The van der Waals surface area contributed by atoms with Crippen LogP contribution in [-0.2, 0) is 4.79 Å². The van der Waals surface area contributed by atoms with E-state index >= 15 is 0 Å². The molecule has 0 aliphatic rings. The number of benzene rings is 3. The minimum absolute atomic E-state index is 0.206. The van der Waals surface area contributed by atoms with Gasteiger partial charge in [-0.3, -0.25) is 4.79 Å². The van der Waals surface area contributed by atoms with Crippen molar-refractivity contribution in [2.75, 3.05) is 18.5 Å². The summed E-state index contributed by atoms with van der Waals surface area (Å²) in [6, 6.07) is 21.7. The Kier molecular flexibility index (Phi) is 7.44. The molecule has 0 fully saturated rings. The molecule has 0 radical (unpaired) electrons. The van der Waals surface area contributed by atoms with E-state index in [-0.39, 0.29) is 11.5 Å². The highest BCUT2D eigenvalue weighted by Gasteiger charge is 2.04. The number of nitrogens with one attached hydrogen (secondary N) is 1. The molecule has 0 unspecified atom stereocenters. The fourth-order valence-corrected chi connectivity index (χ4v) is 3.54. The van der Waals surface area contributed by atoms with Gasteiger partial charge in [0.1, 0.15) is 30.3 Å². The average Bonchev–Trinajstić information content (AvgIpc) is 2.82. The van der Waals surface area contributed by atoms with Crippen LogP contribution in [-0.4, -0.2) is 19.1 Å². The summed E-state index contributed by atoms with van der Waals surface area (Å²) in [5, 5.41) is 3.69. The average molecular weight is 520 g/mol. The molecular formula is C27H22BrNO5.